The number of piperazine rings is 1. The van der Waals surface area contributed by atoms with Gasteiger partial charge in [-0.3, -0.25) is 9.80 Å². The molecule has 0 atom stereocenters. The molecule has 0 aromatic heterocycles. The molecule has 2 aliphatic rings. The van der Waals surface area contributed by atoms with Gasteiger partial charge < -0.3 is 15.4 Å². The first-order chi connectivity index (χ1) is 8.45. The Hall–Kier alpha value is -0.200. The molecule has 0 aromatic carbocycles. The fourth-order valence-electron chi connectivity index (χ4n) is 2.36. The molecule has 2 rings (SSSR count). The summed E-state index contributed by atoms with van der Waals surface area (Å²) in [6.07, 6.45) is 0. The van der Waals surface area contributed by atoms with Gasteiger partial charge in [-0.1, -0.05) is 0 Å². The van der Waals surface area contributed by atoms with E-state index in [4.69, 9.17) is 4.74 Å². The van der Waals surface area contributed by atoms with E-state index in [2.05, 4.69) is 20.4 Å². The maximum atomic E-state index is 5.33. The van der Waals surface area contributed by atoms with Crippen LogP contribution >= 0.6 is 0 Å². The van der Waals surface area contributed by atoms with Crippen molar-refractivity contribution in [3.63, 3.8) is 0 Å². The number of hydrogen-bond acceptors (Lipinski definition) is 5. The van der Waals surface area contributed by atoms with Crippen LogP contribution in [0.3, 0.4) is 0 Å². The molecule has 100 valence electrons. The van der Waals surface area contributed by atoms with E-state index >= 15 is 0 Å². The van der Waals surface area contributed by atoms with Crippen LogP contribution in [0.25, 0.3) is 0 Å². The highest BCUT2D eigenvalue weighted by molar-refractivity contribution is 4.69. The Morgan fingerprint density at radius 1 is 0.882 bits per heavy atom. The van der Waals surface area contributed by atoms with E-state index in [-0.39, 0.29) is 0 Å². The first kappa shape index (κ1) is 13.2. The number of rotatable bonds is 6. The Morgan fingerprint density at radius 2 is 1.47 bits per heavy atom. The highest BCUT2D eigenvalue weighted by Gasteiger charge is 2.10. The molecule has 0 saturated carbocycles. The Kier molecular flexibility index (Phi) is 6.23. The molecule has 0 unspecified atom stereocenters. The molecule has 2 fully saturated rings. The van der Waals surface area contributed by atoms with Crippen molar-refractivity contribution in [2.75, 3.05) is 78.7 Å². The van der Waals surface area contributed by atoms with Gasteiger partial charge in [-0.15, -0.1) is 0 Å². The maximum absolute atomic E-state index is 5.33. The number of morpholine rings is 1. The average molecular weight is 242 g/mol. The number of hydrogen-bond donors (Lipinski definition) is 2. The van der Waals surface area contributed by atoms with Gasteiger partial charge in [-0.25, -0.2) is 0 Å². The van der Waals surface area contributed by atoms with Crippen molar-refractivity contribution in [1.29, 1.82) is 0 Å². The second kappa shape index (κ2) is 8.00. The summed E-state index contributed by atoms with van der Waals surface area (Å²) in [6.45, 7) is 13.3. The lowest BCUT2D eigenvalue weighted by atomic mass is 10.3. The van der Waals surface area contributed by atoms with Gasteiger partial charge in [0.1, 0.15) is 0 Å². The SMILES string of the molecule is C1CN(CCNCCN2CCOCC2)CCN1. The molecule has 2 N–H and O–H groups in total. The molecule has 0 amide bonds. The molecule has 0 radical (unpaired) electrons. The summed E-state index contributed by atoms with van der Waals surface area (Å²) < 4.78 is 5.33. The van der Waals surface area contributed by atoms with Crippen molar-refractivity contribution in [1.82, 2.24) is 20.4 Å². The zero-order valence-electron chi connectivity index (χ0n) is 10.8. The van der Waals surface area contributed by atoms with E-state index in [1.54, 1.807) is 0 Å². The summed E-state index contributed by atoms with van der Waals surface area (Å²) in [5.74, 6) is 0. The van der Waals surface area contributed by atoms with Crippen LogP contribution in [0.1, 0.15) is 0 Å². The standard InChI is InChI=1S/C12H26N4O/c1-5-15(6-2-13-1)7-3-14-4-8-16-9-11-17-12-10-16/h13-14H,1-12H2. The van der Waals surface area contributed by atoms with E-state index in [1.807, 2.05) is 0 Å². The Balaban J connectivity index is 1.42. The predicted octanol–water partition coefficient (Wildman–Crippen LogP) is -1.19. The topological polar surface area (TPSA) is 39.8 Å². The van der Waals surface area contributed by atoms with Gasteiger partial charge in [0.15, 0.2) is 0 Å². The predicted molar refractivity (Wildman–Crippen MR) is 69.4 cm³/mol. The van der Waals surface area contributed by atoms with Crippen LogP contribution in [0.5, 0.6) is 0 Å². The monoisotopic (exact) mass is 242 g/mol. The lowest BCUT2D eigenvalue weighted by Gasteiger charge is -2.28. The minimum atomic E-state index is 0.904. The minimum absolute atomic E-state index is 0.904. The maximum Gasteiger partial charge on any atom is 0.0594 e. The highest BCUT2D eigenvalue weighted by Crippen LogP contribution is 1.94. The molecule has 0 aliphatic carbocycles. The first-order valence-electron chi connectivity index (χ1n) is 6.89. The number of nitrogens with one attached hydrogen (secondary N) is 2. The second-order valence-corrected chi connectivity index (χ2v) is 4.80. The highest BCUT2D eigenvalue weighted by atomic mass is 16.5. The zero-order chi connectivity index (χ0) is 11.8. The van der Waals surface area contributed by atoms with Crippen LogP contribution in [0.15, 0.2) is 0 Å². The molecule has 0 spiro atoms. The van der Waals surface area contributed by atoms with Crippen LogP contribution in [0.2, 0.25) is 0 Å². The molecule has 2 saturated heterocycles. The quantitative estimate of drug-likeness (QED) is 0.573. The average Bonchev–Trinajstić information content (AvgIpc) is 2.41. The molecule has 0 bridgehead atoms. The lowest BCUT2D eigenvalue weighted by molar-refractivity contribution is 0.0384. The Morgan fingerprint density at radius 3 is 2.12 bits per heavy atom. The summed E-state index contributed by atoms with van der Waals surface area (Å²) in [5.41, 5.74) is 0. The molecule has 0 aromatic rings. The van der Waals surface area contributed by atoms with Crippen LogP contribution < -0.4 is 10.6 Å². The summed E-state index contributed by atoms with van der Waals surface area (Å²) in [4.78, 5) is 5.00. The van der Waals surface area contributed by atoms with Gasteiger partial charge in [-0.05, 0) is 0 Å². The van der Waals surface area contributed by atoms with Crippen LogP contribution in [-0.4, -0.2) is 88.5 Å². The Labute approximate surface area is 104 Å². The van der Waals surface area contributed by atoms with Gasteiger partial charge >= 0.3 is 0 Å². The van der Waals surface area contributed by atoms with E-state index in [9.17, 15) is 0 Å². The zero-order valence-corrected chi connectivity index (χ0v) is 10.8. The summed E-state index contributed by atoms with van der Waals surface area (Å²) in [5, 5.41) is 6.91. The van der Waals surface area contributed by atoms with Gasteiger partial charge in [0.05, 0.1) is 13.2 Å². The third-order valence-corrected chi connectivity index (χ3v) is 3.52. The van der Waals surface area contributed by atoms with Crippen molar-refractivity contribution in [3.05, 3.63) is 0 Å². The fourth-order valence-corrected chi connectivity index (χ4v) is 2.36. The molecule has 17 heavy (non-hydrogen) atoms. The van der Waals surface area contributed by atoms with Crippen molar-refractivity contribution in [2.24, 2.45) is 0 Å². The summed E-state index contributed by atoms with van der Waals surface area (Å²) in [6, 6.07) is 0. The van der Waals surface area contributed by atoms with E-state index in [0.717, 1.165) is 59.0 Å². The Bertz CT molecular complexity index is 171. The molecule has 2 aliphatic heterocycles. The van der Waals surface area contributed by atoms with Crippen molar-refractivity contribution in [3.8, 4) is 0 Å². The molecule has 5 nitrogen and oxygen atoms in total. The largest absolute Gasteiger partial charge is 0.379 e. The van der Waals surface area contributed by atoms with Crippen LogP contribution in [-0.2, 0) is 4.74 Å². The molecule has 5 heteroatoms. The van der Waals surface area contributed by atoms with Crippen LogP contribution in [0, 0.1) is 0 Å². The summed E-state index contributed by atoms with van der Waals surface area (Å²) >= 11 is 0. The van der Waals surface area contributed by atoms with Gasteiger partial charge in [-0.2, -0.15) is 0 Å². The van der Waals surface area contributed by atoms with E-state index in [1.165, 1.54) is 19.6 Å². The van der Waals surface area contributed by atoms with E-state index in [0.29, 0.717) is 0 Å². The number of ether oxygens (including phenoxy) is 1. The molecular weight excluding hydrogens is 216 g/mol. The van der Waals surface area contributed by atoms with Crippen molar-refractivity contribution in [2.45, 2.75) is 0 Å². The number of nitrogens with zero attached hydrogens (tertiary/aromatic N) is 2. The normalized spacial score (nSPS) is 24.0. The van der Waals surface area contributed by atoms with Crippen molar-refractivity contribution < 1.29 is 4.74 Å². The molecule has 2 heterocycles. The van der Waals surface area contributed by atoms with Crippen molar-refractivity contribution >= 4 is 0 Å². The first-order valence-corrected chi connectivity index (χ1v) is 6.89. The third kappa shape index (κ3) is 5.31. The minimum Gasteiger partial charge on any atom is -0.379 e. The molecular formula is C12H26N4O. The van der Waals surface area contributed by atoms with Gasteiger partial charge in [0.25, 0.3) is 0 Å². The smallest absolute Gasteiger partial charge is 0.0594 e. The van der Waals surface area contributed by atoms with Crippen LogP contribution in [0.4, 0.5) is 0 Å². The second-order valence-electron chi connectivity index (χ2n) is 4.80. The van der Waals surface area contributed by atoms with Gasteiger partial charge in [0.2, 0.25) is 0 Å². The third-order valence-electron chi connectivity index (χ3n) is 3.52. The van der Waals surface area contributed by atoms with E-state index < -0.39 is 0 Å². The lowest BCUT2D eigenvalue weighted by Crippen LogP contribution is -2.46. The summed E-state index contributed by atoms with van der Waals surface area (Å²) in [7, 11) is 0. The van der Waals surface area contributed by atoms with Gasteiger partial charge in [0, 0.05) is 65.4 Å². The fraction of sp³-hybridized carbons (Fsp3) is 1.00.